The molecule has 1 aromatic carbocycles. The Bertz CT molecular complexity index is 760. The monoisotopic (exact) mass is 301 g/mol. The molecule has 0 radical (unpaired) electrons. The molecule has 0 saturated carbocycles. The van der Waals surface area contributed by atoms with Gasteiger partial charge in [0.25, 0.3) is 0 Å². The van der Waals surface area contributed by atoms with Crippen molar-refractivity contribution < 1.29 is 9.84 Å². The third kappa shape index (κ3) is 2.16. The van der Waals surface area contributed by atoms with Crippen LogP contribution in [0.2, 0.25) is 0 Å². The summed E-state index contributed by atoms with van der Waals surface area (Å²) in [4.78, 5) is 5.46. The summed E-state index contributed by atoms with van der Waals surface area (Å²) in [6.07, 6.45) is 2.18. The minimum Gasteiger partial charge on any atom is -0.390 e. The Labute approximate surface area is 125 Å². The Kier molecular flexibility index (Phi) is 3.21. The van der Waals surface area contributed by atoms with Crippen LogP contribution in [-0.4, -0.2) is 26.3 Å². The molecule has 1 saturated heterocycles. The minimum atomic E-state index is -0.0832. The molecule has 1 aliphatic rings. The zero-order valence-corrected chi connectivity index (χ0v) is 12.2. The number of aliphatic hydroxyl groups is 1. The second-order valence-electron chi connectivity index (χ2n) is 5.07. The molecule has 0 amide bonds. The number of aliphatic hydroxyl groups excluding tert-OH is 1. The lowest BCUT2D eigenvalue weighted by Crippen LogP contribution is -1.99. The molecule has 6 heteroatoms. The Balaban J connectivity index is 1.81. The summed E-state index contributed by atoms with van der Waals surface area (Å²) < 4.78 is 7.42. The highest BCUT2D eigenvalue weighted by Crippen LogP contribution is 2.33. The first kappa shape index (κ1) is 12.9. The van der Waals surface area contributed by atoms with Crippen molar-refractivity contribution in [3.8, 4) is 11.3 Å². The van der Waals surface area contributed by atoms with E-state index in [4.69, 9.17) is 4.74 Å². The molecule has 1 atom stereocenters. The van der Waals surface area contributed by atoms with Gasteiger partial charge in [0.15, 0.2) is 0 Å². The van der Waals surface area contributed by atoms with Crippen molar-refractivity contribution in [3.63, 3.8) is 0 Å². The van der Waals surface area contributed by atoms with E-state index in [2.05, 4.69) is 10.1 Å². The summed E-state index contributed by atoms with van der Waals surface area (Å²) in [5.41, 5.74) is 2.53. The number of aromatic nitrogens is 3. The molecule has 21 heavy (non-hydrogen) atoms. The number of rotatable bonds is 3. The van der Waals surface area contributed by atoms with Crippen LogP contribution in [0.4, 0.5) is 0 Å². The number of ether oxygens (including phenoxy) is 1. The predicted octanol–water partition coefficient (Wildman–Crippen LogP) is 2.80. The van der Waals surface area contributed by atoms with Gasteiger partial charge in [-0.05, 0) is 12.8 Å². The Hall–Kier alpha value is -1.76. The number of benzene rings is 1. The van der Waals surface area contributed by atoms with Crippen molar-refractivity contribution in [1.29, 1.82) is 0 Å². The summed E-state index contributed by atoms with van der Waals surface area (Å²) in [7, 11) is 0. The van der Waals surface area contributed by atoms with Gasteiger partial charge in [-0.3, -0.25) is 0 Å². The lowest BCUT2D eigenvalue weighted by molar-refractivity contribution is 0.111. The van der Waals surface area contributed by atoms with Crippen molar-refractivity contribution in [2.75, 3.05) is 6.61 Å². The maximum absolute atomic E-state index is 9.71. The third-order valence-electron chi connectivity index (χ3n) is 3.71. The smallest absolute Gasteiger partial charge is 0.213 e. The Morgan fingerprint density at radius 1 is 1.33 bits per heavy atom. The molecule has 1 N–H and O–H groups in total. The van der Waals surface area contributed by atoms with E-state index in [-0.39, 0.29) is 12.7 Å². The van der Waals surface area contributed by atoms with Crippen LogP contribution in [0.25, 0.3) is 16.2 Å². The average Bonchev–Trinajstić information content (AvgIpc) is 3.22. The van der Waals surface area contributed by atoms with Crippen molar-refractivity contribution in [3.05, 3.63) is 41.0 Å². The van der Waals surface area contributed by atoms with E-state index in [9.17, 15) is 5.11 Å². The van der Waals surface area contributed by atoms with Gasteiger partial charge in [-0.15, -0.1) is 0 Å². The molecule has 1 fully saturated rings. The molecule has 4 rings (SSSR count). The van der Waals surface area contributed by atoms with Gasteiger partial charge < -0.3 is 9.84 Å². The van der Waals surface area contributed by atoms with Gasteiger partial charge in [0.05, 0.1) is 18.0 Å². The number of fused-ring (bicyclic) bond motifs is 1. The summed E-state index contributed by atoms with van der Waals surface area (Å²) >= 11 is 1.54. The number of hydrogen-bond acceptors (Lipinski definition) is 5. The van der Waals surface area contributed by atoms with E-state index in [0.717, 1.165) is 46.4 Å². The lowest BCUT2D eigenvalue weighted by atomic mass is 10.1. The predicted molar refractivity (Wildman–Crippen MR) is 80.1 cm³/mol. The van der Waals surface area contributed by atoms with E-state index in [0.29, 0.717) is 0 Å². The molecule has 1 aliphatic heterocycles. The molecule has 0 bridgehead atoms. The van der Waals surface area contributed by atoms with Crippen LogP contribution in [0.3, 0.4) is 0 Å². The van der Waals surface area contributed by atoms with Gasteiger partial charge in [0.2, 0.25) is 4.96 Å². The fraction of sp³-hybridized carbons (Fsp3) is 0.333. The van der Waals surface area contributed by atoms with Crippen LogP contribution in [0.1, 0.15) is 29.6 Å². The van der Waals surface area contributed by atoms with Crippen molar-refractivity contribution in [1.82, 2.24) is 14.6 Å². The summed E-state index contributed by atoms with van der Waals surface area (Å²) in [6.45, 7) is 0.717. The molecule has 108 valence electrons. The normalized spacial score (nSPS) is 18.6. The van der Waals surface area contributed by atoms with Gasteiger partial charge in [0.1, 0.15) is 11.1 Å². The first-order valence-corrected chi connectivity index (χ1v) is 7.84. The quantitative estimate of drug-likeness (QED) is 0.808. The maximum atomic E-state index is 9.71. The topological polar surface area (TPSA) is 59.7 Å². The fourth-order valence-electron chi connectivity index (χ4n) is 2.68. The van der Waals surface area contributed by atoms with Crippen molar-refractivity contribution >= 4 is 16.3 Å². The van der Waals surface area contributed by atoms with Crippen LogP contribution in [0.15, 0.2) is 30.3 Å². The van der Waals surface area contributed by atoms with Gasteiger partial charge in [-0.25, -0.2) is 9.50 Å². The van der Waals surface area contributed by atoms with Gasteiger partial charge in [-0.2, -0.15) is 5.10 Å². The number of hydrogen-bond donors (Lipinski definition) is 1. The van der Waals surface area contributed by atoms with E-state index in [1.807, 2.05) is 30.3 Å². The van der Waals surface area contributed by atoms with E-state index in [1.54, 1.807) is 15.9 Å². The van der Waals surface area contributed by atoms with E-state index in [1.165, 1.54) is 0 Å². The molecule has 0 spiro atoms. The highest BCUT2D eigenvalue weighted by molar-refractivity contribution is 7.16. The van der Waals surface area contributed by atoms with Gasteiger partial charge in [0, 0.05) is 12.2 Å². The standard InChI is InChI=1S/C15H15N3O2S/c19-9-11-13(10-5-2-1-3-6-10)16-15-18(11)17-14(21-15)12-7-4-8-20-12/h1-3,5-6,12,19H,4,7-9H2. The first-order chi connectivity index (χ1) is 10.4. The number of nitrogens with zero attached hydrogens (tertiary/aromatic N) is 3. The molecular weight excluding hydrogens is 286 g/mol. The average molecular weight is 301 g/mol. The maximum Gasteiger partial charge on any atom is 0.213 e. The highest BCUT2D eigenvalue weighted by Gasteiger charge is 2.24. The number of imidazole rings is 1. The first-order valence-electron chi connectivity index (χ1n) is 7.03. The molecule has 5 nitrogen and oxygen atoms in total. The highest BCUT2D eigenvalue weighted by atomic mass is 32.1. The second kappa shape index (κ2) is 5.22. The Morgan fingerprint density at radius 2 is 2.19 bits per heavy atom. The summed E-state index contributed by atoms with van der Waals surface area (Å²) in [6, 6.07) is 9.89. The molecule has 3 aromatic rings. The molecule has 0 aliphatic carbocycles. The molecular formula is C15H15N3O2S. The van der Waals surface area contributed by atoms with Crippen LogP contribution in [-0.2, 0) is 11.3 Å². The van der Waals surface area contributed by atoms with Gasteiger partial charge >= 0.3 is 0 Å². The van der Waals surface area contributed by atoms with Gasteiger partial charge in [-0.1, -0.05) is 41.7 Å². The third-order valence-corrected chi connectivity index (χ3v) is 4.71. The summed E-state index contributed by atoms with van der Waals surface area (Å²) in [5, 5.41) is 15.3. The van der Waals surface area contributed by atoms with E-state index < -0.39 is 0 Å². The van der Waals surface area contributed by atoms with Crippen molar-refractivity contribution in [2.24, 2.45) is 0 Å². The summed E-state index contributed by atoms with van der Waals surface area (Å²) in [5.74, 6) is 0. The fourth-order valence-corrected chi connectivity index (χ4v) is 3.68. The van der Waals surface area contributed by atoms with Crippen LogP contribution in [0, 0.1) is 0 Å². The SMILES string of the molecule is OCc1c(-c2ccccc2)nc2sc(C3CCCO3)nn12. The van der Waals surface area contributed by atoms with Crippen LogP contribution in [0.5, 0.6) is 0 Å². The minimum absolute atomic E-state index is 0.0832. The van der Waals surface area contributed by atoms with Crippen LogP contribution < -0.4 is 0 Å². The Morgan fingerprint density at radius 3 is 2.90 bits per heavy atom. The zero-order chi connectivity index (χ0) is 14.2. The second-order valence-corrected chi connectivity index (χ2v) is 6.06. The van der Waals surface area contributed by atoms with E-state index >= 15 is 0 Å². The zero-order valence-electron chi connectivity index (χ0n) is 11.4. The van der Waals surface area contributed by atoms with Crippen molar-refractivity contribution in [2.45, 2.75) is 25.6 Å². The lowest BCUT2D eigenvalue weighted by Gasteiger charge is -2.03. The van der Waals surface area contributed by atoms with Crippen LogP contribution >= 0.6 is 11.3 Å². The molecule has 3 heterocycles. The largest absolute Gasteiger partial charge is 0.390 e. The molecule has 2 aromatic heterocycles. The molecule has 1 unspecified atom stereocenters.